The predicted molar refractivity (Wildman–Crippen MR) is 82.8 cm³/mol. The largest absolute Gasteiger partial charge is 0.370 e. The first-order chi connectivity index (χ1) is 9.76. The average molecular weight is 289 g/mol. The van der Waals surface area contributed by atoms with Crippen LogP contribution in [0, 0.1) is 0 Å². The maximum absolute atomic E-state index is 4.76. The minimum absolute atomic E-state index is 0.434. The lowest BCUT2D eigenvalue weighted by molar-refractivity contribution is 0.767. The summed E-state index contributed by atoms with van der Waals surface area (Å²) in [6.45, 7) is 2.94. The zero-order valence-corrected chi connectivity index (χ0v) is 12.7. The van der Waals surface area contributed by atoms with E-state index in [4.69, 9.17) is 4.98 Å². The van der Waals surface area contributed by atoms with Gasteiger partial charge in [0.25, 0.3) is 0 Å². The van der Waals surface area contributed by atoms with Gasteiger partial charge in [0, 0.05) is 31.4 Å². The van der Waals surface area contributed by atoms with Gasteiger partial charge < -0.3 is 5.32 Å². The first kappa shape index (κ1) is 13.4. The third-order valence-corrected chi connectivity index (χ3v) is 4.69. The van der Waals surface area contributed by atoms with Crippen molar-refractivity contribution in [2.75, 3.05) is 17.6 Å². The molecule has 0 aliphatic carbocycles. The number of rotatable bonds is 4. The van der Waals surface area contributed by atoms with E-state index in [0.29, 0.717) is 5.25 Å². The lowest BCUT2D eigenvalue weighted by atomic mass is 10.2. The van der Waals surface area contributed by atoms with E-state index in [0.717, 1.165) is 29.4 Å². The van der Waals surface area contributed by atoms with Crippen molar-refractivity contribution in [1.29, 1.82) is 0 Å². The molecule has 1 fully saturated rings. The lowest BCUT2D eigenvalue weighted by Gasteiger charge is -2.11. The summed E-state index contributed by atoms with van der Waals surface area (Å²) < 4.78 is 1.80. The van der Waals surface area contributed by atoms with Crippen molar-refractivity contribution in [3.8, 4) is 11.3 Å². The molecule has 0 amide bonds. The number of aromatic nitrogens is 4. The molecule has 3 rings (SSSR count). The van der Waals surface area contributed by atoms with E-state index < -0.39 is 0 Å². The highest BCUT2D eigenvalue weighted by Gasteiger charge is 2.22. The van der Waals surface area contributed by atoms with E-state index in [9.17, 15) is 0 Å². The summed E-state index contributed by atoms with van der Waals surface area (Å²) in [6, 6.07) is 2.00. The molecule has 0 bridgehead atoms. The third-order valence-electron chi connectivity index (χ3n) is 3.32. The van der Waals surface area contributed by atoms with Gasteiger partial charge in [0.2, 0.25) is 0 Å². The summed E-state index contributed by atoms with van der Waals surface area (Å²) in [5, 5.41) is 7.96. The van der Waals surface area contributed by atoms with Gasteiger partial charge in [0.1, 0.15) is 11.6 Å². The Morgan fingerprint density at radius 2 is 2.35 bits per heavy atom. The molecule has 0 saturated carbocycles. The van der Waals surface area contributed by atoms with Crippen LogP contribution in [0.3, 0.4) is 0 Å². The Morgan fingerprint density at radius 3 is 3.00 bits per heavy atom. The van der Waals surface area contributed by atoms with Crippen LogP contribution in [0.25, 0.3) is 11.3 Å². The third kappa shape index (κ3) is 2.80. The maximum Gasteiger partial charge on any atom is 0.144 e. The molecule has 0 spiro atoms. The SMILES string of the molecule is CCNc1cc(-c2cnn(C)c2)nc(C2CCCS2)n1. The highest BCUT2D eigenvalue weighted by atomic mass is 32.2. The van der Waals surface area contributed by atoms with E-state index in [1.54, 1.807) is 4.68 Å². The van der Waals surface area contributed by atoms with Gasteiger partial charge in [-0.2, -0.15) is 16.9 Å². The number of hydrogen-bond donors (Lipinski definition) is 1. The van der Waals surface area contributed by atoms with Crippen molar-refractivity contribution in [1.82, 2.24) is 19.7 Å². The second kappa shape index (κ2) is 5.83. The second-order valence-electron chi connectivity index (χ2n) is 4.93. The molecule has 5 nitrogen and oxygen atoms in total. The van der Waals surface area contributed by atoms with Gasteiger partial charge in [-0.15, -0.1) is 0 Å². The fourth-order valence-electron chi connectivity index (χ4n) is 2.36. The maximum atomic E-state index is 4.76. The highest BCUT2D eigenvalue weighted by Crippen LogP contribution is 2.39. The molecule has 3 heterocycles. The van der Waals surface area contributed by atoms with E-state index in [-0.39, 0.29) is 0 Å². The Labute approximate surface area is 123 Å². The monoisotopic (exact) mass is 289 g/mol. The van der Waals surface area contributed by atoms with Gasteiger partial charge in [-0.05, 0) is 25.5 Å². The smallest absolute Gasteiger partial charge is 0.144 e. The Kier molecular flexibility index (Phi) is 3.91. The summed E-state index contributed by atoms with van der Waals surface area (Å²) in [5.41, 5.74) is 1.99. The quantitative estimate of drug-likeness (QED) is 0.938. The van der Waals surface area contributed by atoms with Crippen molar-refractivity contribution < 1.29 is 0 Å². The average Bonchev–Trinajstić information content (AvgIpc) is 3.09. The van der Waals surface area contributed by atoms with E-state index >= 15 is 0 Å². The molecule has 0 radical (unpaired) electrons. The molecule has 2 aromatic heterocycles. The molecule has 1 N–H and O–H groups in total. The van der Waals surface area contributed by atoms with Crippen LogP contribution in [-0.2, 0) is 7.05 Å². The normalized spacial score (nSPS) is 18.4. The number of anilines is 1. The van der Waals surface area contributed by atoms with Gasteiger partial charge in [-0.1, -0.05) is 0 Å². The number of thioether (sulfide) groups is 1. The summed E-state index contributed by atoms with van der Waals surface area (Å²) in [5.74, 6) is 3.07. The van der Waals surface area contributed by atoms with Crippen LogP contribution in [0.2, 0.25) is 0 Å². The summed E-state index contributed by atoms with van der Waals surface area (Å²) >= 11 is 1.96. The number of nitrogens with zero attached hydrogens (tertiary/aromatic N) is 4. The Hall–Kier alpha value is -1.56. The summed E-state index contributed by atoms with van der Waals surface area (Å²) in [6.07, 6.45) is 6.27. The van der Waals surface area contributed by atoms with Crippen LogP contribution in [0.5, 0.6) is 0 Å². The fourth-order valence-corrected chi connectivity index (χ4v) is 3.57. The standard InChI is InChI=1S/C14H19N5S/c1-3-15-13-7-11(10-8-16-19(2)9-10)17-14(18-13)12-5-4-6-20-12/h7-9,12H,3-6H2,1-2H3,(H,15,17,18). The molecule has 1 aliphatic rings. The van der Waals surface area contributed by atoms with Gasteiger partial charge in [0.15, 0.2) is 0 Å². The minimum atomic E-state index is 0.434. The minimum Gasteiger partial charge on any atom is -0.370 e. The molecule has 1 unspecified atom stereocenters. The van der Waals surface area contributed by atoms with Crippen molar-refractivity contribution in [2.45, 2.75) is 25.0 Å². The molecule has 20 heavy (non-hydrogen) atoms. The molecular weight excluding hydrogens is 270 g/mol. The van der Waals surface area contributed by atoms with Crippen LogP contribution in [-0.4, -0.2) is 32.0 Å². The van der Waals surface area contributed by atoms with Gasteiger partial charge >= 0.3 is 0 Å². The first-order valence-electron chi connectivity index (χ1n) is 6.99. The van der Waals surface area contributed by atoms with E-state index in [1.807, 2.05) is 37.3 Å². The topological polar surface area (TPSA) is 55.6 Å². The molecule has 1 aliphatic heterocycles. The molecule has 2 aromatic rings. The van der Waals surface area contributed by atoms with Crippen LogP contribution in [0.1, 0.15) is 30.8 Å². The molecule has 106 valence electrons. The number of hydrogen-bond acceptors (Lipinski definition) is 5. The van der Waals surface area contributed by atoms with Crippen LogP contribution in [0.4, 0.5) is 5.82 Å². The predicted octanol–water partition coefficient (Wildman–Crippen LogP) is 2.88. The van der Waals surface area contributed by atoms with E-state index in [1.165, 1.54) is 18.6 Å². The Balaban J connectivity index is 1.99. The second-order valence-corrected chi connectivity index (χ2v) is 6.24. The van der Waals surface area contributed by atoms with Crippen LogP contribution < -0.4 is 5.32 Å². The van der Waals surface area contributed by atoms with Gasteiger partial charge in [0.05, 0.1) is 17.1 Å². The first-order valence-corrected chi connectivity index (χ1v) is 8.04. The summed E-state index contributed by atoms with van der Waals surface area (Å²) in [7, 11) is 1.92. The summed E-state index contributed by atoms with van der Waals surface area (Å²) in [4.78, 5) is 9.42. The van der Waals surface area contributed by atoms with Gasteiger partial charge in [-0.3, -0.25) is 4.68 Å². The van der Waals surface area contributed by atoms with Crippen LogP contribution in [0.15, 0.2) is 18.5 Å². The van der Waals surface area contributed by atoms with Crippen molar-refractivity contribution in [3.05, 3.63) is 24.3 Å². The number of nitrogens with one attached hydrogen (secondary N) is 1. The van der Waals surface area contributed by atoms with Crippen LogP contribution >= 0.6 is 11.8 Å². The molecule has 6 heteroatoms. The number of aryl methyl sites for hydroxylation is 1. The molecule has 1 saturated heterocycles. The van der Waals surface area contributed by atoms with Crippen molar-refractivity contribution in [3.63, 3.8) is 0 Å². The highest BCUT2D eigenvalue weighted by molar-refractivity contribution is 7.99. The molecule has 1 atom stereocenters. The van der Waals surface area contributed by atoms with Crippen molar-refractivity contribution >= 4 is 17.6 Å². The van der Waals surface area contributed by atoms with Gasteiger partial charge in [-0.25, -0.2) is 9.97 Å². The molecular formula is C14H19N5S. The lowest BCUT2D eigenvalue weighted by Crippen LogP contribution is -2.06. The Morgan fingerprint density at radius 1 is 1.45 bits per heavy atom. The molecule has 0 aromatic carbocycles. The van der Waals surface area contributed by atoms with E-state index in [2.05, 4.69) is 22.3 Å². The fraction of sp³-hybridized carbons (Fsp3) is 0.500. The Bertz CT molecular complexity index is 589. The zero-order valence-electron chi connectivity index (χ0n) is 11.8. The zero-order chi connectivity index (χ0) is 13.9. The van der Waals surface area contributed by atoms with Crippen molar-refractivity contribution in [2.24, 2.45) is 7.05 Å².